The van der Waals surface area contributed by atoms with Crippen LogP contribution in [0.5, 0.6) is 0 Å². The average Bonchev–Trinajstić information content (AvgIpc) is 3.20. The van der Waals surface area contributed by atoms with Gasteiger partial charge in [0.15, 0.2) is 11.6 Å². The molecule has 0 amide bonds. The standard InChI is InChI=1S/C25H23FN4O3S/c1-15-9-10-20(29-34(32,33)30-11-6-12-30)23(26)21(15)24(31)19-14-28-25-22(19)16(2)18(13-27-25)17-7-4-3-5-8-17/h3-5,7-10,13-14,29H,6,11-12H2,1-2H3,(H,27,28). The monoisotopic (exact) mass is 478 g/mol. The Morgan fingerprint density at radius 3 is 2.53 bits per heavy atom. The van der Waals surface area contributed by atoms with Crippen LogP contribution < -0.4 is 4.72 Å². The summed E-state index contributed by atoms with van der Waals surface area (Å²) in [6.45, 7) is 4.30. The number of fused-ring (bicyclic) bond motifs is 1. The molecule has 0 radical (unpaired) electrons. The first-order valence-electron chi connectivity index (χ1n) is 10.9. The molecule has 1 fully saturated rings. The highest BCUT2D eigenvalue weighted by atomic mass is 32.2. The molecule has 2 aromatic heterocycles. The lowest BCUT2D eigenvalue weighted by Crippen LogP contribution is -2.45. The van der Waals surface area contributed by atoms with E-state index in [-0.39, 0.29) is 16.8 Å². The second kappa shape index (κ2) is 8.34. The maximum absolute atomic E-state index is 15.5. The number of rotatable bonds is 6. The van der Waals surface area contributed by atoms with E-state index in [2.05, 4.69) is 14.7 Å². The lowest BCUT2D eigenvalue weighted by atomic mass is 9.94. The molecular formula is C25H23FN4O3S. The fraction of sp³-hybridized carbons (Fsp3) is 0.200. The molecule has 34 heavy (non-hydrogen) atoms. The number of aromatic nitrogens is 2. The lowest BCUT2D eigenvalue weighted by molar-refractivity contribution is 0.103. The van der Waals surface area contributed by atoms with E-state index in [1.54, 1.807) is 19.2 Å². The molecule has 0 unspecified atom stereocenters. The van der Waals surface area contributed by atoms with Crippen LogP contribution in [0.15, 0.2) is 54.9 Å². The Kier molecular flexibility index (Phi) is 5.45. The molecule has 1 aliphatic heterocycles. The van der Waals surface area contributed by atoms with Gasteiger partial charge in [-0.1, -0.05) is 36.4 Å². The Morgan fingerprint density at radius 2 is 1.85 bits per heavy atom. The minimum Gasteiger partial charge on any atom is -0.345 e. The average molecular weight is 479 g/mol. The second-order valence-electron chi connectivity index (χ2n) is 8.40. The van der Waals surface area contributed by atoms with Crippen LogP contribution >= 0.6 is 0 Å². The van der Waals surface area contributed by atoms with Gasteiger partial charge in [-0.2, -0.15) is 12.7 Å². The maximum atomic E-state index is 15.5. The minimum atomic E-state index is -3.87. The fourth-order valence-corrected chi connectivity index (χ4v) is 5.54. The number of aryl methyl sites for hydroxylation is 2. The van der Waals surface area contributed by atoms with Gasteiger partial charge in [0.05, 0.1) is 11.3 Å². The van der Waals surface area contributed by atoms with E-state index in [9.17, 15) is 13.2 Å². The van der Waals surface area contributed by atoms with Crippen LogP contribution in [-0.2, 0) is 10.2 Å². The SMILES string of the molecule is Cc1ccc(NS(=O)(=O)N2CCC2)c(F)c1C(=O)c1c[nH]c2ncc(-c3ccccc3)c(C)c12. The molecule has 0 aliphatic carbocycles. The summed E-state index contributed by atoms with van der Waals surface area (Å²) >= 11 is 0. The molecule has 0 saturated carbocycles. The van der Waals surface area contributed by atoms with E-state index >= 15 is 4.39 Å². The largest absolute Gasteiger partial charge is 0.345 e. The molecule has 174 valence electrons. The van der Waals surface area contributed by atoms with E-state index in [1.807, 2.05) is 37.3 Å². The van der Waals surface area contributed by atoms with Crippen molar-refractivity contribution in [3.05, 3.63) is 82.9 Å². The molecular weight excluding hydrogens is 455 g/mol. The summed E-state index contributed by atoms with van der Waals surface area (Å²) in [5, 5.41) is 0.608. The predicted octanol–water partition coefficient (Wildman–Crippen LogP) is 4.58. The maximum Gasteiger partial charge on any atom is 0.301 e. The number of pyridine rings is 1. The van der Waals surface area contributed by atoms with Gasteiger partial charge in [-0.3, -0.25) is 9.52 Å². The van der Waals surface area contributed by atoms with Crippen LogP contribution in [0, 0.1) is 19.7 Å². The second-order valence-corrected chi connectivity index (χ2v) is 10.1. The van der Waals surface area contributed by atoms with Crippen LogP contribution in [0.1, 0.15) is 33.5 Å². The zero-order valence-corrected chi connectivity index (χ0v) is 19.5. The number of nitrogens with zero attached hydrogens (tertiary/aromatic N) is 2. The number of ketones is 1. The summed E-state index contributed by atoms with van der Waals surface area (Å²) in [4.78, 5) is 21.1. The van der Waals surface area contributed by atoms with Gasteiger partial charge in [-0.25, -0.2) is 9.37 Å². The number of halogens is 1. The van der Waals surface area contributed by atoms with E-state index in [0.717, 1.165) is 23.1 Å². The van der Waals surface area contributed by atoms with E-state index in [4.69, 9.17) is 0 Å². The number of carbonyl (C=O) groups is 1. The Bertz CT molecular complexity index is 1530. The topological polar surface area (TPSA) is 95.2 Å². The fourth-order valence-electron chi connectivity index (χ4n) is 4.24. The molecule has 0 atom stereocenters. The number of benzene rings is 2. The van der Waals surface area contributed by atoms with Crippen molar-refractivity contribution in [2.45, 2.75) is 20.3 Å². The van der Waals surface area contributed by atoms with E-state index in [1.165, 1.54) is 16.6 Å². The Balaban J connectivity index is 1.59. The Labute approximate surface area is 196 Å². The first-order valence-corrected chi connectivity index (χ1v) is 12.4. The summed E-state index contributed by atoms with van der Waals surface area (Å²) in [5.74, 6) is -1.44. The first-order chi connectivity index (χ1) is 16.3. The number of carbonyl (C=O) groups excluding carboxylic acids is 1. The third-order valence-corrected chi connectivity index (χ3v) is 7.78. The summed E-state index contributed by atoms with van der Waals surface area (Å²) in [6.07, 6.45) is 4.03. The van der Waals surface area contributed by atoms with Gasteiger partial charge in [-0.15, -0.1) is 0 Å². The molecule has 0 bridgehead atoms. The van der Waals surface area contributed by atoms with Crippen molar-refractivity contribution >= 4 is 32.7 Å². The van der Waals surface area contributed by atoms with Gasteiger partial charge in [0.1, 0.15) is 5.65 Å². The number of nitrogens with one attached hydrogen (secondary N) is 2. The highest BCUT2D eigenvalue weighted by Gasteiger charge is 2.30. The third kappa shape index (κ3) is 3.66. The molecule has 7 nitrogen and oxygen atoms in total. The third-order valence-electron chi connectivity index (χ3n) is 6.26. The molecule has 0 spiro atoms. The summed E-state index contributed by atoms with van der Waals surface area (Å²) in [5.41, 5.74) is 3.46. The zero-order chi connectivity index (χ0) is 24.0. The summed E-state index contributed by atoms with van der Waals surface area (Å²) < 4.78 is 44.0. The molecule has 5 rings (SSSR count). The molecule has 3 heterocycles. The van der Waals surface area contributed by atoms with Crippen molar-refractivity contribution in [2.24, 2.45) is 0 Å². The minimum absolute atomic E-state index is 0.172. The summed E-state index contributed by atoms with van der Waals surface area (Å²) in [6, 6.07) is 12.6. The Morgan fingerprint density at radius 1 is 1.12 bits per heavy atom. The lowest BCUT2D eigenvalue weighted by Gasteiger charge is -2.30. The smallest absolute Gasteiger partial charge is 0.301 e. The van der Waals surface area contributed by atoms with Gasteiger partial charge in [-0.05, 0) is 43.0 Å². The number of hydrogen-bond acceptors (Lipinski definition) is 4. The van der Waals surface area contributed by atoms with Crippen molar-refractivity contribution in [3.8, 4) is 11.1 Å². The van der Waals surface area contributed by atoms with Crippen molar-refractivity contribution in [3.63, 3.8) is 0 Å². The zero-order valence-electron chi connectivity index (χ0n) is 18.7. The number of anilines is 1. The molecule has 2 N–H and O–H groups in total. The number of aromatic amines is 1. The molecule has 1 aliphatic rings. The van der Waals surface area contributed by atoms with E-state index in [0.29, 0.717) is 29.7 Å². The normalized spacial score (nSPS) is 14.2. The summed E-state index contributed by atoms with van der Waals surface area (Å²) in [7, 11) is -3.87. The van der Waals surface area contributed by atoms with Gasteiger partial charge in [0, 0.05) is 42.0 Å². The van der Waals surface area contributed by atoms with Crippen LogP contribution in [0.25, 0.3) is 22.2 Å². The van der Waals surface area contributed by atoms with Crippen LogP contribution in [0.3, 0.4) is 0 Å². The highest BCUT2D eigenvalue weighted by Crippen LogP contribution is 2.33. The van der Waals surface area contributed by atoms with Gasteiger partial charge in [0.2, 0.25) is 0 Å². The van der Waals surface area contributed by atoms with Crippen LogP contribution in [0.2, 0.25) is 0 Å². The van der Waals surface area contributed by atoms with Gasteiger partial charge < -0.3 is 4.98 Å². The van der Waals surface area contributed by atoms with Gasteiger partial charge in [0.25, 0.3) is 0 Å². The Hall–Kier alpha value is -3.56. The van der Waals surface area contributed by atoms with Crippen molar-refractivity contribution in [1.29, 1.82) is 0 Å². The molecule has 2 aromatic carbocycles. The molecule has 9 heteroatoms. The first kappa shape index (κ1) is 22.2. The number of H-pyrrole nitrogens is 1. The van der Waals surface area contributed by atoms with Crippen molar-refractivity contribution in [1.82, 2.24) is 14.3 Å². The van der Waals surface area contributed by atoms with Gasteiger partial charge >= 0.3 is 10.2 Å². The predicted molar refractivity (Wildman–Crippen MR) is 130 cm³/mol. The van der Waals surface area contributed by atoms with Crippen LogP contribution in [0.4, 0.5) is 10.1 Å². The van der Waals surface area contributed by atoms with Crippen molar-refractivity contribution in [2.75, 3.05) is 17.8 Å². The molecule has 4 aromatic rings. The van der Waals surface area contributed by atoms with Crippen LogP contribution in [-0.4, -0.2) is 41.6 Å². The van der Waals surface area contributed by atoms with E-state index < -0.39 is 21.8 Å². The number of hydrogen-bond donors (Lipinski definition) is 2. The quantitative estimate of drug-likeness (QED) is 0.397. The molecule has 1 saturated heterocycles. The highest BCUT2D eigenvalue weighted by molar-refractivity contribution is 7.90. The van der Waals surface area contributed by atoms with Crippen molar-refractivity contribution < 1.29 is 17.6 Å².